The summed E-state index contributed by atoms with van der Waals surface area (Å²) >= 11 is 1.83. The van der Waals surface area contributed by atoms with Crippen molar-refractivity contribution in [3.63, 3.8) is 0 Å². The Labute approximate surface area is 121 Å². The van der Waals surface area contributed by atoms with Gasteiger partial charge in [-0.3, -0.25) is 0 Å². The number of nitrogens with zero attached hydrogens (tertiary/aromatic N) is 2. The Morgan fingerprint density at radius 2 is 2.16 bits per heavy atom. The minimum atomic E-state index is 0.441. The number of rotatable bonds is 3. The van der Waals surface area contributed by atoms with Crippen molar-refractivity contribution in [3.8, 4) is 0 Å². The molecule has 1 aromatic heterocycles. The third-order valence-corrected chi connectivity index (χ3v) is 5.17. The van der Waals surface area contributed by atoms with Gasteiger partial charge in [0.2, 0.25) is 0 Å². The van der Waals surface area contributed by atoms with Crippen LogP contribution in [0.3, 0.4) is 0 Å². The molecule has 0 spiro atoms. The number of aromatic nitrogens is 1. The summed E-state index contributed by atoms with van der Waals surface area (Å²) in [4.78, 5) is 8.40. The molecule has 1 atom stereocenters. The van der Waals surface area contributed by atoms with Gasteiger partial charge < -0.3 is 10.2 Å². The van der Waals surface area contributed by atoms with Crippen molar-refractivity contribution < 1.29 is 0 Å². The van der Waals surface area contributed by atoms with Crippen LogP contribution in [-0.4, -0.2) is 25.1 Å². The highest BCUT2D eigenvalue weighted by molar-refractivity contribution is 7.15. The zero-order valence-corrected chi connectivity index (χ0v) is 13.5. The lowest BCUT2D eigenvalue weighted by molar-refractivity contribution is 0.220. The van der Waals surface area contributed by atoms with Crippen LogP contribution in [0.4, 0.5) is 5.13 Å². The van der Waals surface area contributed by atoms with Crippen LogP contribution in [0.2, 0.25) is 0 Å². The average molecular weight is 281 g/mol. The maximum absolute atomic E-state index is 4.59. The van der Waals surface area contributed by atoms with Crippen molar-refractivity contribution >= 4 is 16.5 Å². The summed E-state index contributed by atoms with van der Waals surface area (Å²) in [6, 6.07) is 0. The van der Waals surface area contributed by atoms with Crippen LogP contribution in [0.15, 0.2) is 6.20 Å². The molecule has 19 heavy (non-hydrogen) atoms. The van der Waals surface area contributed by atoms with Crippen LogP contribution in [-0.2, 0) is 6.54 Å². The molecule has 2 heterocycles. The Morgan fingerprint density at radius 1 is 1.37 bits per heavy atom. The highest BCUT2D eigenvalue weighted by Gasteiger charge is 2.27. The maximum atomic E-state index is 4.59. The third-order valence-electron chi connectivity index (χ3n) is 4.12. The molecule has 0 aromatic carbocycles. The van der Waals surface area contributed by atoms with Crippen molar-refractivity contribution in [2.24, 2.45) is 11.3 Å². The van der Waals surface area contributed by atoms with E-state index in [9.17, 15) is 0 Å². The first kappa shape index (κ1) is 14.8. The van der Waals surface area contributed by atoms with E-state index in [0.717, 1.165) is 19.0 Å². The zero-order chi connectivity index (χ0) is 13.9. The number of thiazole rings is 1. The molecule has 1 fully saturated rings. The van der Waals surface area contributed by atoms with Gasteiger partial charge in [0.25, 0.3) is 0 Å². The first-order valence-corrected chi connectivity index (χ1v) is 8.16. The second-order valence-corrected chi connectivity index (χ2v) is 7.71. The van der Waals surface area contributed by atoms with Crippen LogP contribution in [0.1, 0.15) is 44.9 Å². The molecule has 4 heteroatoms. The summed E-state index contributed by atoms with van der Waals surface area (Å²) < 4.78 is 0. The molecule has 0 aliphatic carbocycles. The van der Waals surface area contributed by atoms with Crippen molar-refractivity contribution in [3.05, 3.63) is 11.1 Å². The molecule has 3 nitrogen and oxygen atoms in total. The summed E-state index contributed by atoms with van der Waals surface area (Å²) in [5.74, 6) is 0.842. The second kappa shape index (κ2) is 6.23. The van der Waals surface area contributed by atoms with Gasteiger partial charge in [-0.25, -0.2) is 4.98 Å². The van der Waals surface area contributed by atoms with Gasteiger partial charge in [0.15, 0.2) is 5.13 Å². The molecule has 1 N–H and O–H groups in total. The number of hydrogen-bond acceptors (Lipinski definition) is 4. The summed E-state index contributed by atoms with van der Waals surface area (Å²) in [5, 5.41) is 4.40. The van der Waals surface area contributed by atoms with Gasteiger partial charge in [0, 0.05) is 30.7 Å². The van der Waals surface area contributed by atoms with E-state index >= 15 is 0 Å². The second-order valence-electron chi connectivity index (χ2n) is 6.62. The standard InChI is InChI=1S/C15H27N3S/c1-15(2,3)12-6-5-8-18(9-7-12)14-17-11-13(19-14)10-16-4/h11-12,16H,5-10H2,1-4H3. The fourth-order valence-electron chi connectivity index (χ4n) is 2.85. The van der Waals surface area contributed by atoms with E-state index in [1.54, 1.807) is 0 Å². The van der Waals surface area contributed by atoms with Crippen molar-refractivity contribution in [1.29, 1.82) is 0 Å². The first-order valence-electron chi connectivity index (χ1n) is 7.35. The molecule has 2 rings (SSSR count). The van der Waals surface area contributed by atoms with Gasteiger partial charge in [-0.05, 0) is 37.6 Å². The topological polar surface area (TPSA) is 28.2 Å². The minimum Gasteiger partial charge on any atom is -0.348 e. The normalized spacial score (nSPS) is 21.5. The molecule has 0 amide bonds. The Morgan fingerprint density at radius 3 is 2.84 bits per heavy atom. The van der Waals surface area contributed by atoms with Gasteiger partial charge in [0.05, 0.1) is 0 Å². The monoisotopic (exact) mass is 281 g/mol. The minimum absolute atomic E-state index is 0.441. The fraction of sp³-hybridized carbons (Fsp3) is 0.800. The molecule has 1 unspecified atom stereocenters. The van der Waals surface area contributed by atoms with Gasteiger partial charge in [0.1, 0.15) is 0 Å². The van der Waals surface area contributed by atoms with E-state index in [1.807, 2.05) is 24.6 Å². The molecule has 0 bridgehead atoms. The van der Waals surface area contributed by atoms with E-state index < -0.39 is 0 Å². The largest absolute Gasteiger partial charge is 0.348 e. The molecule has 108 valence electrons. The zero-order valence-electron chi connectivity index (χ0n) is 12.7. The Balaban J connectivity index is 1.98. The summed E-state index contributed by atoms with van der Waals surface area (Å²) in [5.41, 5.74) is 0.441. The Kier molecular flexibility index (Phi) is 4.85. The number of anilines is 1. The number of hydrogen-bond donors (Lipinski definition) is 1. The van der Waals surface area contributed by atoms with E-state index in [2.05, 4.69) is 36.0 Å². The lowest BCUT2D eigenvalue weighted by Crippen LogP contribution is -2.25. The predicted octanol–water partition coefficient (Wildman–Crippen LogP) is 3.52. The molecule has 0 radical (unpaired) electrons. The predicted molar refractivity (Wildman–Crippen MR) is 83.9 cm³/mol. The molecule has 1 aromatic rings. The fourth-order valence-corrected chi connectivity index (χ4v) is 3.83. The summed E-state index contributed by atoms with van der Waals surface area (Å²) in [6.45, 7) is 10.4. The molecule has 1 aliphatic heterocycles. The maximum Gasteiger partial charge on any atom is 0.185 e. The van der Waals surface area contributed by atoms with Crippen LogP contribution < -0.4 is 10.2 Å². The molecule has 1 saturated heterocycles. The molecular formula is C15H27N3S. The number of nitrogens with one attached hydrogen (secondary N) is 1. The van der Waals surface area contributed by atoms with Gasteiger partial charge in [-0.2, -0.15) is 0 Å². The smallest absolute Gasteiger partial charge is 0.185 e. The van der Waals surface area contributed by atoms with Gasteiger partial charge in [-0.15, -0.1) is 11.3 Å². The first-order chi connectivity index (χ1) is 9.00. The van der Waals surface area contributed by atoms with Crippen molar-refractivity contribution in [2.45, 2.75) is 46.6 Å². The molecular weight excluding hydrogens is 254 g/mol. The Hall–Kier alpha value is -0.610. The van der Waals surface area contributed by atoms with Crippen molar-refractivity contribution in [1.82, 2.24) is 10.3 Å². The van der Waals surface area contributed by atoms with E-state index in [0.29, 0.717) is 5.41 Å². The quantitative estimate of drug-likeness (QED) is 0.919. The molecule has 0 saturated carbocycles. The SMILES string of the molecule is CNCc1cnc(N2CCCC(C(C)(C)C)CC2)s1. The van der Waals surface area contributed by atoms with E-state index in [4.69, 9.17) is 0 Å². The molecule has 1 aliphatic rings. The summed E-state index contributed by atoms with van der Waals surface area (Å²) in [6.07, 6.45) is 5.96. The Bertz CT molecular complexity index is 394. The van der Waals surface area contributed by atoms with E-state index in [1.165, 1.54) is 35.8 Å². The van der Waals surface area contributed by atoms with Gasteiger partial charge >= 0.3 is 0 Å². The van der Waals surface area contributed by atoms with Crippen LogP contribution in [0.5, 0.6) is 0 Å². The van der Waals surface area contributed by atoms with E-state index in [-0.39, 0.29) is 0 Å². The summed E-state index contributed by atoms with van der Waals surface area (Å²) in [7, 11) is 1.99. The lowest BCUT2D eigenvalue weighted by Gasteiger charge is -2.29. The highest BCUT2D eigenvalue weighted by atomic mass is 32.1. The highest BCUT2D eigenvalue weighted by Crippen LogP contribution is 2.35. The third kappa shape index (κ3) is 3.93. The average Bonchev–Trinajstić information content (AvgIpc) is 2.64. The van der Waals surface area contributed by atoms with Crippen LogP contribution in [0, 0.1) is 11.3 Å². The van der Waals surface area contributed by atoms with Gasteiger partial charge in [-0.1, -0.05) is 20.8 Å². The van der Waals surface area contributed by atoms with Crippen LogP contribution >= 0.6 is 11.3 Å². The lowest BCUT2D eigenvalue weighted by atomic mass is 9.77. The van der Waals surface area contributed by atoms with Crippen molar-refractivity contribution in [2.75, 3.05) is 25.0 Å². The van der Waals surface area contributed by atoms with Crippen LogP contribution in [0.25, 0.3) is 0 Å².